The number of nitrogens with two attached hydrogens (primary N) is 1. The van der Waals surface area contributed by atoms with Crippen LogP contribution >= 0.6 is 27.7 Å². The molecule has 0 saturated carbocycles. The lowest BCUT2D eigenvalue weighted by Crippen LogP contribution is -1.89. The molecule has 1 heterocycles. The Kier molecular flexibility index (Phi) is 3.63. The van der Waals surface area contributed by atoms with Gasteiger partial charge in [0.2, 0.25) is 0 Å². The summed E-state index contributed by atoms with van der Waals surface area (Å²) in [4.78, 5) is 4.67. The molecule has 0 radical (unpaired) electrons. The minimum Gasteiger partial charge on any atom is -0.397 e. The van der Waals surface area contributed by atoms with Crippen LogP contribution in [0.4, 0.5) is 14.5 Å². The van der Waals surface area contributed by atoms with Gasteiger partial charge in [-0.15, -0.1) is 0 Å². The molecular weight excluding hydrogens is 310 g/mol. The number of benzene rings is 1. The van der Waals surface area contributed by atoms with Crippen LogP contribution < -0.4 is 5.73 Å². The van der Waals surface area contributed by atoms with Crippen molar-refractivity contribution in [1.82, 2.24) is 4.98 Å². The number of hydrogen-bond acceptors (Lipinski definition) is 3. The van der Waals surface area contributed by atoms with E-state index in [2.05, 4.69) is 20.9 Å². The summed E-state index contributed by atoms with van der Waals surface area (Å²) in [5.41, 5.74) is 6.09. The molecule has 0 saturated heterocycles. The highest BCUT2D eigenvalue weighted by atomic mass is 79.9. The van der Waals surface area contributed by atoms with Crippen molar-refractivity contribution in [3.05, 3.63) is 46.6 Å². The standard InChI is InChI=1S/C11H7BrF2N2S/c12-8-3-6(15)5-16-11(8)17-7-1-2-9(13)10(14)4-7/h1-5H,15H2. The monoisotopic (exact) mass is 316 g/mol. The van der Waals surface area contributed by atoms with Gasteiger partial charge in [0.1, 0.15) is 5.03 Å². The first kappa shape index (κ1) is 12.3. The van der Waals surface area contributed by atoms with Crippen LogP contribution in [0.25, 0.3) is 0 Å². The Balaban J connectivity index is 2.28. The molecule has 1 aromatic carbocycles. The van der Waals surface area contributed by atoms with Crippen LogP contribution in [0.3, 0.4) is 0 Å². The second-order valence-electron chi connectivity index (χ2n) is 3.23. The number of aromatic nitrogens is 1. The molecule has 0 spiro atoms. The molecule has 6 heteroatoms. The van der Waals surface area contributed by atoms with Crippen molar-refractivity contribution in [2.45, 2.75) is 9.92 Å². The van der Waals surface area contributed by atoms with E-state index in [0.717, 1.165) is 12.1 Å². The summed E-state index contributed by atoms with van der Waals surface area (Å²) in [6, 6.07) is 5.41. The van der Waals surface area contributed by atoms with E-state index < -0.39 is 11.6 Å². The number of anilines is 1. The molecule has 2 rings (SSSR count). The van der Waals surface area contributed by atoms with Gasteiger partial charge in [-0.25, -0.2) is 13.8 Å². The van der Waals surface area contributed by atoms with E-state index in [1.54, 1.807) is 6.07 Å². The molecular formula is C11H7BrF2N2S. The fourth-order valence-electron chi connectivity index (χ4n) is 1.17. The quantitative estimate of drug-likeness (QED) is 0.914. The number of nitrogen functional groups attached to an aromatic ring is 1. The van der Waals surface area contributed by atoms with Gasteiger partial charge in [-0.3, -0.25) is 0 Å². The molecule has 0 atom stereocenters. The molecule has 0 fully saturated rings. The highest BCUT2D eigenvalue weighted by Gasteiger charge is 2.07. The Hall–Kier alpha value is -1.14. The van der Waals surface area contributed by atoms with Crippen molar-refractivity contribution in [3.8, 4) is 0 Å². The zero-order chi connectivity index (χ0) is 12.4. The predicted octanol–water partition coefficient (Wildman–Crippen LogP) is 3.86. The Morgan fingerprint density at radius 3 is 2.59 bits per heavy atom. The van der Waals surface area contributed by atoms with Gasteiger partial charge in [-0.05, 0) is 40.2 Å². The van der Waals surface area contributed by atoms with E-state index in [0.29, 0.717) is 20.1 Å². The van der Waals surface area contributed by atoms with Crippen molar-refractivity contribution >= 4 is 33.4 Å². The van der Waals surface area contributed by atoms with Gasteiger partial charge in [-0.1, -0.05) is 11.8 Å². The zero-order valence-corrected chi connectivity index (χ0v) is 10.9. The summed E-state index contributed by atoms with van der Waals surface area (Å²) in [7, 11) is 0. The van der Waals surface area contributed by atoms with Gasteiger partial charge in [0.05, 0.1) is 16.4 Å². The Labute approximate surface area is 109 Å². The molecule has 1 aromatic heterocycles. The number of pyridine rings is 1. The fourth-order valence-corrected chi connectivity index (χ4v) is 2.56. The third-order valence-corrected chi connectivity index (χ3v) is 3.81. The highest BCUT2D eigenvalue weighted by Crippen LogP contribution is 2.33. The van der Waals surface area contributed by atoms with Crippen molar-refractivity contribution in [3.63, 3.8) is 0 Å². The first-order chi connectivity index (χ1) is 8.06. The topological polar surface area (TPSA) is 38.9 Å². The molecule has 0 bridgehead atoms. The lowest BCUT2D eigenvalue weighted by atomic mass is 10.3. The van der Waals surface area contributed by atoms with E-state index in [1.807, 2.05) is 0 Å². The first-order valence-corrected chi connectivity index (χ1v) is 6.21. The van der Waals surface area contributed by atoms with Crippen LogP contribution in [0, 0.1) is 11.6 Å². The maximum absolute atomic E-state index is 13.0. The minimum atomic E-state index is -0.874. The Morgan fingerprint density at radius 1 is 1.18 bits per heavy atom. The predicted molar refractivity (Wildman–Crippen MR) is 66.8 cm³/mol. The van der Waals surface area contributed by atoms with Crippen molar-refractivity contribution in [2.75, 3.05) is 5.73 Å². The Bertz CT molecular complexity index is 563. The Morgan fingerprint density at radius 2 is 1.94 bits per heavy atom. The zero-order valence-electron chi connectivity index (χ0n) is 8.45. The largest absolute Gasteiger partial charge is 0.397 e. The lowest BCUT2D eigenvalue weighted by molar-refractivity contribution is 0.506. The second kappa shape index (κ2) is 5.01. The molecule has 2 N–H and O–H groups in total. The summed E-state index contributed by atoms with van der Waals surface area (Å²) >= 11 is 4.53. The van der Waals surface area contributed by atoms with E-state index in [-0.39, 0.29) is 0 Å². The van der Waals surface area contributed by atoms with Crippen LogP contribution in [0.1, 0.15) is 0 Å². The molecule has 2 aromatic rings. The maximum Gasteiger partial charge on any atom is 0.159 e. The number of hydrogen-bond donors (Lipinski definition) is 1. The first-order valence-electron chi connectivity index (χ1n) is 4.60. The average Bonchev–Trinajstić information content (AvgIpc) is 2.27. The van der Waals surface area contributed by atoms with Gasteiger partial charge < -0.3 is 5.73 Å². The molecule has 17 heavy (non-hydrogen) atoms. The fraction of sp³-hybridized carbons (Fsp3) is 0. The van der Waals surface area contributed by atoms with Gasteiger partial charge in [0, 0.05) is 4.90 Å². The summed E-state index contributed by atoms with van der Waals surface area (Å²) in [5, 5.41) is 0.644. The van der Waals surface area contributed by atoms with E-state index in [9.17, 15) is 8.78 Å². The van der Waals surface area contributed by atoms with Crippen molar-refractivity contribution < 1.29 is 8.78 Å². The van der Waals surface area contributed by atoms with Gasteiger partial charge in [-0.2, -0.15) is 0 Å². The van der Waals surface area contributed by atoms with Gasteiger partial charge >= 0.3 is 0 Å². The summed E-state index contributed by atoms with van der Waals surface area (Å²) in [6.45, 7) is 0. The van der Waals surface area contributed by atoms with E-state index in [4.69, 9.17) is 5.73 Å². The van der Waals surface area contributed by atoms with Gasteiger partial charge in [0.15, 0.2) is 11.6 Å². The minimum absolute atomic E-state index is 0.534. The maximum atomic E-state index is 13.0. The smallest absolute Gasteiger partial charge is 0.159 e. The SMILES string of the molecule is Nc1cnc(Sc2ccc(F)c(F)c2)c(Br)c1. The summed E-state index contributed by atoms with van der Waals surface area (Å²) in [5.74, 6) is -1.74. The van der Waals surface area contributed by atoms with Gasteiger partial charge in [0.25, 0.3) is 0 Å². The molecule has 2 nitrogen and oxygen atoms in total. The van der Waals surface area contributed by atoms with Crippen LogP contribution in [-0.4, -0.2) is 4.98 Å². The van der Waals surface area contributed by atoms with Crippen LogP contribution in [-0.2, 0) is 0 Å². The van der Waals surface area contributed by atoms with Crippen LogP contribution in [0.5, 0.6) is 0 Å². The molecule has 0 aliphatic rings. The second-order valence-corrected chi connectivity index (χ2v) is 5.15. The number of nitrogens with zero attached hydrogens (tertiary/aromatic N) is 1. The molecule has 0 unspecified atom stereocenters. The number of halogens is 3. The van der Waals surface area contributed by atoms with E-state index >= 15 is 0 Å². The molecule has 0 aliphatic carbocycles. The van der Waals surface area contributed by atoms with Crippen LogP contribution in [0.15, 0.2) is 44.9 Å². The lowest BCUT2D eigenvalue weighted by Gasteiger charge is -2.04. The summed E-state index contributed by atoms with van der Waals surface area (Å²) < 4.78 is 26.5. The van der Waals surface area contributed by atoms with Crippen LogP contribution in [0.2, 0.25) is 0 Å². The highest BCUT2D eigenvalue weighted by molar-refractivity contribution is 9.10. The number of rotatable bonds is 2. The molecule has 0 amide bonds. The summed E-state index contributed by atoms with van der Waals surface area (Å²) in [6.07, 6.45) is 1.51. The average molecular weight is 317 g/mol. The normalized spacial score (nSPS) is 10.5. The van der Waals surface area contributed by atoms with Crippen molar-refractivity contribution in [1.29, 1.82) is 0 Å². The van der Waals surface area contributed by atoms with Crippen molar-refractivity contribution in [2.24, 2.45) is 0 Å². The third-order valence-electron chi connectivity index (χ3n) is 1.93. The molecule has 0 aliphatic heterocycles. The third kappa shape index (κ3) is 2.95. The molecule has 88 valence electrons. The van der Waals surface area contributed by atoms with E-state index in [1.165, 1.54) is 24.0 Å².